The van der Waals surface area contributed by atoms with Crippen molar-refractivity contribution in [2.24, 2.45) is 7.05 Å². The Kier molecular flexibility index (Phi) is 6.56. The van der Waals surface area contributed by atoms with E-state index >= 15 is 0 Å². The lowest BCUT2D eigenvalue weighted by Gasteiger charge is -2.20. The predicted octanol–water partition coefficient (Wildman–Crippen LogP) is 2.39. The summed E-state index contributed by atoms with van der Waals surface area (Å²) in [7, 11) is -1.69. The summed E-state index contributed by atoms with van der Waals surface area (Å²) in [4.78, 5) is 18.9. The Labute approximate surface area is 172 Å². The first-order chi connectivity index (χ1) is 13.8. The summed E-state index contributed by atoms with van der Waals surface area (Å²) in [6.07, 6.45) is 5.52. The fraction of sp³-hybridized carbons (Fsp3) is 0.550. The van der Waals surface area contributed by atoms with Crippen LogP contribution in [0.5, 0.6) is 0 Å². The maximum absolute atomic E-state index is 12.3. The third kappa shape index (κ3) is 4.95. The van der Waals surface area contributed by atoms with E-state index in [1.165, 1.54) is 5.56 Å². The summed E-state index contributed by atoms with van der Waals surface area (Å²) in [5.41, 5.74) is 2.98. The molecule has 1 amide bonds. The molecular formula is C20H29N5O3S. The number of rotatable bonds is 9. The minimum atomic E-state index is -3.57. The van der Waals surface area contributed by atoms with E-state index in [9.17, 15) is 13.2 Å². The van der Waals surface area contributed by atoms with E-state index in [1.807, 2.05) is 31.6 Å². The van der Waals surface area contributed by atoms with Crippen molar-refractivity contribution in [2.45, 2.75) is 52.4 Å². The van der Waals surface area contributed by atoms with Crippen LogP contribution >= 0.6 is 0 Å². The van der Waals surface area contributed by atoms with Crippen LogP contribution < -0.4 is 9.62 Å². The lowest BCUT2D eigenvalue weighted by molar-refractivity contribution is -0.119. The Morgan fingerprint density at radius 1 is 1.31 bits per heavy atom. The van der Waals surface area contributed by atoms with Gasteiger partial charge in [0.2, 0.25) is 15.9 Å². The van der Waals surface area contributed by atoms with Gasteiger partial charge in [-0.25, -0.2) is 13.4 Å². The van der Waals surface area contributed by atoms with Crippen molar-refractivity contribution in [1.29, 1.82) is 0 Å². The summed E-state index contributed by atoms with van der Waals surface area (Å²) in [6, 6.07) is 4.01. The van der Waals surface area contributed by atoms with Gasteiger partial charge in [0.1, 0.15) is 11.6 Å². The van der Waals surface area contributed by atoms with Crippen molar-refractivity contribution >= 4 is 27.6 Å². The third-order valence-electron chi connectivity index (χ3n) is 5.18. The van der Waals surface area contributed by atoms with Crippen LogP contribution in [0.3, 0.4) is 0 Å². The van der Waals surface area contributed by atoms with Gasteiger partial charge in [-0.2, -0.15) is 5.10 Å². The lowest BCUT2D eigenvalue weighted by Crippen LogP contribution is -2.32. The molecule has 1 aliphatic rings. The quantitative estimate of drug-likeness (QED) is 0.627. The maximum atomic E-state index is 12.3. The molecule has 8 nitrogen and oxygen atoms in total. The Morgan fingerprint density at radius 2 is 2.10 bits per heavy atom. The molecule has 3 rings (SSSR count). The van der Waals surface area contributed by atoms with E-state index in [0.29, 0.717) is 12.8 Å². The number of pyridine rings is 1. The third-order valence-corrected chi connectivity index (χ3v) is 6.55. The van der Waals surface area contributed by atoms with Crippen LogP contribution in [0, 0.1) is 6.92 Å². The molecule has 0 spiro atoms. The molecule has 1 N–H and O–H groups in total. The number of amides is 1. The summed E-state index contributed by atoms with van der Waals surface area (Å²) in [6.45, 7) is 4.72. The Balaban J connectivity index is 1.71. The molecule has 29 heavy (non-hydrogen) atoms. The van der Waals surface area contributed by atoms with Gasteiger partial charge in [0.15, 0.2) is 0 Å². The van der Waals surface area contributed by atoms with Crippen molar-refractivity contribution in [3.8, 4) is 0 Å². The number of nitrogens with one attached hydrogen (secondary N) is 1. The summed E-state index contributed by atoms with van der Waals surface area (Å²) < 4.78 is 28.1. The molecule has 0 bridgehead atoms. The largest absolute Gasteiger partial charge is 0.310 e. The highest BCUT2D eigenvalue weighted by atomic mass is 32.2. The lowest BCUT2D eigenvalue weighted by atomic mass is 10.1. The molecule has 0 unspecified atom stereocenters. The minimum Gasteiger partial charge on any atom is -0.310 e. The number of unbranched alkanes of at least 4 members (excludes halogenated alkanes) is 2. The van der Waals surface area contributed by atoms with Gasteiger partial charge in [-0.15, -0.1) is 0 Å². The Morgan fingerprint density at radius 3 is 2.86 bits per heavy atom. The fourth-order valence-corrected chi connectivity index (χ4v) is 4.92. The molecule has 0 fully saturated rings. The van der Waals surface area contributed by atoms with E-state index in [1.54, 1.807) is 6.20 Å². The zero-order valence-corrected chi connectivity index (χ0v) is 18.1. The van der Waals surface area contributed by atoms with Gasteiger partial charge >= 0.3 is 0 Å². The highest BCUT2D eigenvalue weighted by Crippen LogP contribution is 2.35. The second-order valence-electron chi connectivity index (χ2n) is 7.45. The summed E-state index contributed by atoms with van der Waals surface area (Å²) in [5.74, 6) is 1.34. The number of hydrogen-bond donors (Lipinski definition) is 1. The van der Waals surface area contributed by atoms with Gasteiger partial charge in [0.25, 0.3) is 0 Å². The van der Waals surface area contributed by atoms with Gasteiger partial charge < -0.3 is 4.90 Å². The van der Waals surface area contributed by atoms with E-state index in [4.69, 9.17) is 0 Å². The predicted molar refractivity (Wildman–Crippen MR) is 113 cm³/mol. The van der Waals surface area contributed by atoms with Gasteiger partial charge in [-0.05, 0) is 37.8 Å². The summed E-state index contributed by atoms with van der Waals surface area (Å²) >= 11 is 0. The van der Waals surface area contributed by atoms with E-state index in [2.05, 4.69) is 25.8 Å². The number of fused-ring (bicyclic) bond motifs is 1. The van der Waals surface area contributed by atoms with Crippen molar-refractivity contribution in [1.82, 2.24) is 19.5 Å². The van der Waals surface area contributed by atoms with E-state index < -0.39 is 15.9 Å². The normalized spacial score (nSPS) is 13.6. The van der Waals surface area contributed by atoms with Crippen LogP contribution in [0.4, 0.5) is 11.6 Å². The number of aryl methyl sites for hydroxylation is 2. The van der Waals surface area contributed by atoms with Crippen molar-refractivity contribution < 1.29 is 13.2 Å². The van der Waals surface area contributed by atoms with Crippen LogP contribution in [0.15, 0.2) is 18.3 Å². The maximum Gasteiger partial charge on any atom is 0.234 e. The molecule has 0 radical (unpaired) electrons. The minimum absolute atomic E-state index is 0.0139. The van der Waals surface area contributed by atoms with Crippen LogP contribution in [0.2, 0.25) is 0 Å². The van der Waals surface area contributed by atoms with Gasteiger partial charge in [0.05, 0.1) is 11.4 Å². The number of sulfonamides is 1. The monoisotopic (exact) mass is 419 g/mol. The van der Waals surface area contributed by atoms with Crippen molar-refractivity contribution in [2.75, 3.05) is 17.2 Å². The highest BCUT2D eigenvalue weighted by Gasteiger charge is 2.28. The molecule has 158 valence electrons. The first-order valence-corrected chi connectivity index (χ1v) is 11.7. The number of carbonyl (C=O) groups is 1. The number of aromatic nitrogens is 3. The zero-order valence-electron chi connectivity index (χ0n) is 17.3. The average Bonchev–Trinajstić information content (AvgIpc) is 3.19. The smallest absolute Gasteiger partial charge is 0.234 e. The number of hydrogen-bond acceptors (Lipinski definition) is 6. The Bertz CT molecular complexity index is 984. The summed E-state index contributed by atoms with van der Waals surface area (Å²) in [5, 5.41) is 4.53. The average molecular weight is 420 g/mol. The Hall–Kier alpha value is -2.42. The van der Waals surface area contributed by atoms with Crippen LogP contribution in [0.25, 0.3) is 0 Å². The number of nitrogens with zero attached hydrogens (tertiary/aromatic N) is 4. The molecule has 2 aromatic rings. The molecular weight excluding hydrogens is 390 g/mol. The standard InChI is InChI=1S/C20H29N5O3S/c1-4-5-6-14-29(27,28)23-18(26)10-9-17-15(2)22-24(3)20(17)25-13-11-16-8-7-12-21-19(16)25/h7-8,12H,4-6,9-11,13-14H2,1-3H3,(H,23,26). The zero-order chi connectivity index (χ0) is 21.0. The second-order valence-corrected chi connectivity index (χ2v) is 9.29. The SMILES string of the molecule is CCCCCS(=O)(=O)NC(=O)CCc1c(C)nn(C)c1N1CCc2cccnc21. The van der Waals surface area contributed by atoms with E-state index in [-0.39, 0.29) is 12.2 Å². The van der Waals surface area contributed by atoms with Crippen molar-refractivity contribution in [3.05, 3.63) is 35.2 Å². The molecule has 0 aromatic carbocycles. The fourth-order valence-electron chi connectivity index (χ4n) is 3.79. The van der Waals surface area contributed by atoms with Crippen LogP contribution in [-0.4, -0.2) is 41.4 Å². The topological polar surface area (TPSA) is 97.2 Å². The van der Waals surface area contributed by atoms with Gasteiger partial charge in [-0.1, -0.05) is 25.8 Å². The molecule has 0 aliphatic carbocycles. The molecule has 2 aromatic heterocycles. The highest BCUT2D eigenvalue weighted by molar-refractivity contribution is 7.90. The van der Waals surface area contributed by atoms with Gasteiger partial charge in [0, 0.05) is 31.8 Å². The first kappa shape index (κ1) is 21.3. The van der Waals surface area contributed by atoms with Crippen LogP contribution in [0.1, 0.15) is 49.4 Å². The molecule has 0 saturated carbocycles. The molecule has 0 atom stereocenters. The second kappa shape index (κ2) is 8.94. The van der Waals surface area contributed by atoms with Crippen molar-refractivity contribution in [3.63, 3.8) is 0 Å². The first-order valence-electron chi connectivity index (χ1n) is 10.1. The number of anilines is 2. The molecule has 3 heterocycles. The van der Waals surface area contributed by atoms with Gasteiger partial charge in [-0.3, -0.25) is 14.2 Å². The van der Waals surface area contributed by atoms with E-state index in [0.717, 1.165) is 48.7 Å². The molecule has 1 aliphatic heterocycles. The molecule has 9 heteroatoms. The molecule has 0 saturated heterocycles. The number of carbonyl (C=O) groups excluding carboxylic acids is 1. The van der Waals surface area contributed by atoms with Crippen LogP contribution in [-0.2, 0) is 34.7 Å².